The van der Waals surface area contributed by atoms with Crippen LogP contribution in [0.25, 0.3) is 0 Å². The van der Waals surface area contributed by atoms with Gasteiger partial charge in [0, 0.05) is 32.6 Å². The van der Waals surface area contributed by atoms with Crippen LogP contribution in [0.15, 0.2) is 24.3 Å². The van der Waals surface area contributed by atoms with Crippen molar-refractivity contribution in [2.75, 3.05) is 33.3 Å². The van der Waals surface area contributed by atoms with Crippen molar-refractivity contribution in [1.29, 1.82) is 0 Å². The van der Waals surface area contributed by atoms with E-state index < -0.39 is 0 Å². The molecule has 0 aromatic heterocycles. The quantitative estimate of drug-likeness (QED) is 0.832. The summed E-state index contributed by atoms with van der Waals surface area (Å²) in [6, 6.07) is 7.59. The molecule has 0 saturated carbocycles. The topological polar surface area (TPSA) is 49.9 Å². The van der Waals surface area contributed by atoms with Gasteiger partial charge in [-0.3, -0.25) is 9.59 Å². The largest absolute Gasteiger partial charge is 0.497 e. The molecule has 1 fully saturated rings. The van der Waals surface area contributed by atoms with Gasteiger partial charge in [0.1, 0.15) is 5.75 Å². The number of hydrogen-bond donors (Lipinski definition) is 0. The highest BCUT2D eigenvalue weighted by molar-refractivity contribution is 5.79. The van der Waals surface area contributed by atoms with E-state index in [0.717, 1.165) is 30.8 Å². The minimum atomic E-state index is 0.123. The SMILES string of the molecule is COc1ccc(CC(=O)N2CCCN(C(=O)CC(C)C)CC2)cc1. The van der Waals surface area contributed by atoms with Crippen LogP contribution in [0.1, 0.15) is 32.3 Å². The van der Waals surface area contributed by atoms with Crippen LogP contribution < -0.4 is 4.74 Å². The van der Waals surface area contributed by atoms with E-state index in [1.165, 1.54) is 0 Å². The molecule has 1 heterocycles. The normalized spacial score (nSPS) is 15.3. The van der Waals surface area contributed by atoms with Crippen LogP contribution in [0.5, 0.6) is 5.75 Å². The Balaban J connectivity index is 1.88. The molecule has 0 N–H and O–H groups in total. The Morgan fingerprint density at radius 1 is 1.00 bits per heavy atom. The molecule has 1 saturated heterocycles. The van der Waals surface area contributed by atoms with Gasteiger partial charge in [-0.2, -0.15) is 0 Å². The van der Waals surface area contributed by atoms with Crippen molar-refractivity contribution >= 4 is 11.8 Å². The number of ether oxygens (including phenoxy) is 1. The summed E-state index contributed by atoms with van der Waals surface area (Å²) < 4.78 is 5.14. The number of methoxy groups -OCH3 is 1. The summed E-state index contributed by atoms with van der Waals surface area (Å²) in [6.07, 6.45) is 1.82. The minimum Gasteiger partial charge on any atom is -0.497 e. The molecule has 5 nitrogen and oxygen atoms in total. The van der Waals surface area contributed by atoms with Crippen LogP contribution in [-0.4, -0.2) is 54.9 Å². The van der Waals surface area contributed by atoms with Gasteiger partial charge in [-0.05, 0) is 30.0 Å². The zero-order valence-corrected chi connectivity index (χ0v) is 15.0. The monoisotopic (exact) mass is 332 g/mol. The van der Waals surface area contributed by atoms with Crippen LogP contribution in [0.2, 0.25) is 0 Å². The number of hydrogen-bond acceptors (Lipinski definition) is 3. The van der Waals surface area contributed by atoms with Gasteiger partial charge in [-0.1, -0.05) is 26.0 Å². The van der Waals surface area contributed by atoms with E-state index in [0.29, 0.717) is 31.8 Å². The molecule has 5 heteroatoms. The van der Waals surface area contributed by atoms with E-state index in [9.17, 15) is 9.59 Å². The number of carbonyl (C=O) groups is 2. The molecule has 0 bridgehead atoms. The van der Waals surface area contributed by atoms with Gasteiger partial charge in [0.25, 0.3) is 0 Å². The van der Waals surface area contributed by atoms with Crippen molar-refractivity contribution in [2.24, 2.45) is 5.92 Å². The summed E-state index contributed by atoms with van der Waals surface area (Å²) in [6.45, 7) is 6.85. The summed E-state index contributed by atoms with van der Waals surface area (Å²) in [7, 11) is 1.63. The third-order valence-electron chi connectivity index (χ3n) is 4.30. The van der Waals surface area contributed by atoms with Crippen LogP contribution in [0.3, 0.4) is 0 Å². The lowest BCUT2D eigenvalue weighted by molar-refractivity contribution is -0.133. The van der Waals surface area contributed by atoms with E-state index in [4.69, 9.17) is 4.74 Å². The zero-order valence-electron chi connectivity index (χ0n) is 15.0. The fourth-order valence-corrected chi connectivity index (χ4v) is 2.92. The Morgan fingerprint density at radius 3 is 2.12 bits per heavy atom. The molecule has 132 valence electrons. The van der Waals surface area contributed by atoms with Crippen LogP contribution >= 0.6 is 0 Å². The summed E-state index contributed by atoms with van der Waals surface area (Å²) in [4.78, 5) is 28.5. The average molecular weight is 332 g/mol. The van der Waals surface area contributed by atoms with Gasteiger partial charge in [0.2, 0.25) is 11.8 Å². The van der Waals surface area contributed by atoms with Gasteiger partial charge < -0.3 is 14.5 Å². The lowest BCUT2D eigenvalue weighted by Gasteiger charge is -2.23. The molecular formula is C19H28N2O3. The maximum absolute atomic E-state index is 12.5. The van der Waals surface area contributed by atoms with Crippen molar-refractivity contribution < 1.29 is 14.3 Å². The smallest absolute Gasteiger partial charge is 0.227 e. The number of amides is 2. The summed E-state index contributed by atoms with van der Waals surface area (Å²) in [5.41, 5.74) is 0.984. The first kappa shape index (κ1) is 18.3. The molecule has 1 aliphatic heterocycles. The predicted octanol–water partition coefficient (Wildman–Crippen LogP) is 2.34. The van der Waals surface area contributed by atoms with Crippen LogP contribution in [0, 0.1) is 5.92 Å². The van der Waals surface area contributed by atoms with Crippen molar-refractivity contribution in [3.05, 3.63) is 29.8 Å². The first-order valence-corrected chi connectivity index (χ1v) is 8.68. The van der Waals surface area contributed by atoms with Crippen LogP contribution in [-0.2, 0) is 16.0 Å². The summed E-state index contributed by atoms with van der Waals surface area (Å²) in [5, 5.41) is 0. The predicted molar refractivity (Wildman–Crippen MR) is 93.9 cm³/mol. The minimum absolute atomic E-state index is 0.123. The molecular weight excluding hydrogens is 304 g/mol. The maximum atomic E-state index is 12.5. The van der Waals surface area contributed by atoms with Crippen molar-refractivity contribution in [1.82, 2.24) is 9.80 Å². The van der Waals surface area contributed by atoms with Gasteiger partial charge in [0.05, 0.1) is 13.5 Å². The highest BCUT2D eigenvalue weighted by Crippen LogP contribution is 2.14. The molecule has 24 heavy (non-hydrogen) atoms. The molecule has 0 unspecified atom stereocenters. The first-order chi connectivity index (χ1) is 11.5. The second-order valence-electron chi connectivity index (χ2n) is 6.74. The molecule has 0 radical (unpaired) electrons. The fraction of sp³-hybridized carbons (Fsp3) is 0.579. The fourth-order valence-electron chi connectivity index (χ4n) is 2.92. The lowest BCUT2D eigenvalue weighted by atomic mass is 10.1. The van der Waals surface area contributed by atoms with E-state index in [2.05, 4.69) is 13.8 Å². The van der Waals surface area contributed by atoms with Crippen molar-refractivity contribution in [3.63, 3.8) is 0 Å². The Bertz CT molecular complexity index is 554. The Hall–Kier alpha value is -2.04. The summed E-state index contributed by atoms with van der Waals surface area (Å²) >= 11 is 0. The Labute approximate surface area is 144 Å². The molecule has 0 atom stereocenters. The van der Waals surface area contributed by atoms with E-state index in [-0.39, 0.29) is 11.8 Å². The number of nitrogens with zero attached hydrogens (tertiary/aromatic N) is 2. The summed E-state index contributed by atoms with van der Waals surface area (Å²) in [5.74, 6) is 1.49. The van der Waals surface area contributed by atoms with E-state index in [1.54, 1.807) is 7.11 Å². The molecule has 1 aliphatic rings. The lowest BCUT2D eigenvalue weighted by Crippen LogP contribution is -2.38. The number of benzene rings is 1. The van der Waals surface area contributed by atoms with E-state index >= 15 is 0 Å². The third kappa shape index (κ3) is 5.25. The van der Waals surface area contributed by atoms with Crippen LogP contribution in [0.4, 0.5) is 0 Å². The molecule has 1 aromatic rings. The maximum Gasteiger partial charge on any atom is 0.227 e. The van der Waals surface area contributed by atoms with Crippen molar-refractivity contribution in [2.45, 2.75) is 33.1 Å². The Kier molecular flexibility index (Phi) is 6.64. The number of carbonyl (C=O) groups excluding carboxylic acids is 2. The highest BCUT2D eigenvalue weighted by atomic mass is 16.5. The third-order valence-corrected chi connectivity index (χ3v) is 4.30. The standard InChI is InChI=1S/C19H28N2O3/c1-15(2)13-18(22)20-9-4-10-21(12-11-20)19(23)14-16-5-7-17(24-3)8-6-16/h5-8,15H,4,9-14H2,1-3H3. The molecule has 2 amide bonds. The van der Waals surface area contributed by atoms with Gasteiger partial charge in [-0.15, -0.1) is 0 Å². The Morgan fingerprint density at radius 2 is 1.58 bits per heavy atom. The van der Waals surface area contributed by atoms with E-state index in [1.807, 2.05) is 34.1 Å². The number of rotatable bonds is 5. The second kappa shape index (κ2) is 8.71. The molecule has 1 aromatic carbocycles. The first-order valence-electron chi connectivity index (χ1n) is 8.68. The average Bonchev–Trinajstić information content (AvgIpc) is 2.81. The molecule has 0 spiro atoms. The zero-order chi connectivity index (χ0) is 17.5. The van der Waals surface area contributed by atoms with Gasteiger partial charge >= 0.3 is 0 Å². The van der Waals surface area contributed by atoms with Gasteiger partial charge in [0.15, 0.2) is 0 Å². The molecule has 0 aliphatic carbocycles. The highest BCUT2D eigenvalue weighted by Gasteiger charge is 2.22. The van der Waals surface area contributed by atoms with Crippen molar-refractivity contribution in [3.8, 4) is 5.75 Å². The second-order valence-corrected chi connectivity index (χ2v) is 6.74. The molecule has 2 rings (SSSR count). The van der Waals surface area contributed by atoms with Gasteiger partial charge in [-0.25, -0.2) is 0 Å².